The van der Waals surface area contributed by atoms with Crippen LogP contribution in [-0.4, -0.2) is 36.9 Å². The minimum absolute atomic E-state index is 0.222. The molecule has 0 aromatic heterocycles. The number of hydrogen-bond acceptors (Lipinski definition) is 4. The Hall–Kier alpha value is -2.39. The van der Waals surface area contributed by atoms with E-state index in [9.17, 15) is 22.8 Å². The van der Waals surface area contributed by atoms with Gasteiger partial charge in [-0.05, 0) is 30.3 Å². The molecule has 1 aliphatic rings. The molecule has 10 heteroatoms. The normalized spacial score (nSPS) is 13.7. The third kappa shape index (κ3) is 5.11. The minimum atomic E-state index is -4.33. The van der Waals surface area contributed by atoms with Crippen molar-refractivity contribution in [1.29, 1.82) is 0 Å². The maximum Gasteiger partial charge on any atom is 0.398 e. The lowest BCUT2D eigenvalue weighted by Gasteiger charge is -2.29. The van der Waals surface area contributed by atoms with E-state index in [1.54, 1.807) is 24.3 Å². The van der Waals surface area contributed by atoms with Crippen LogP contribution in [0.15, 0.2) is 47.4 Å². The van der Waals surface area contributed by atoms with Crippen molar-refractivity contribution < 1.29 is 27.5 Å². The summed E-state index contributed by atoms with van der Waals surface area (Å²) in [6.45, 7) is -0.548. The van der Waals surface area contributed by atoms with E-state index in [2.05, 4.69) is 5.32 Å². The Morgan fingerprint density at radius 3 is 2.75 bits per heavy atom. The highest BCUT2D eigenvalue weighted by atomic mass is 35.5. The zero-order valence-electron chi connectivity index (χ0n) is 14.3. The standard InChI is InChI=1S/C18H14ClF3N2O3S/c19-11-5-6-14-13(7-11)24(17(26)9-27-14)8-16(25)23-12-3-1-2-4-15(12)28-10-18(20,21)22/h1-7H,8-10H2,(H,23,25). The lowest BCUT2D eigenvalue weighted by Crippen LogP contribution is -2.43. The first kappa shape index (κ1) is 20.3. The Labute approximate surface area is 167 Å². The van der Waals surface area contributed by atoms with Gasteiger partial charge in [0.1, 0.15) is 12.3 Å². The topological polar surface area (TPSA) is 58.6 Å². The molecule has 2 aromatic rings. The van der Waals surface area contributed by atoms with Gasteiger partial charge >= 0.3 is 6.18 Å². The van der Waals surface area contributed by atoms with Crippen LogP contribution < -0.4 is 15.0 Å². The second-order valence-corrected chi connectivity index (χ2v) is 7.28. The summed E-state index contributed by atoms with van der Waals surface area (Å²) in [5.41, 5.74) is 0.604. The Bertz CT molecular complexity index is 908. The molecule has 2 amide bonds. The van der Waals surface area contributed by atoms with Gasteiger partial charge in [-0.2, -0.15) is 13.2 Å². The second kappa shape index (κ2) is 8.32. The van der Waals surface area contributed by atoms with E-state index in [4.69, 9.17) is 16.3 Å². The minimum Gasteiger partial charge on any atom is -0.482 e. The fourth-order valence-corrected chi connectivity index (χ4v) is 3.47. The van der Waals surface area contributed by atoms with Crippen LogP contribution in [0.2, 0.25) is 5.02 Å². The molecule has 0 atom stereocenters. The largest absolute Gasteiger partial charge is 0.482 e. The number of carbonyl (C=O) groups excluding carboxylic acids is 2. The Morgan fingerprint density at radius 2 is 2.00 bits per heavy atom. The summed E-state index contributed by atoms with van der Waals surface area (Å²) >= 11 is 6.54. The van der Waals surface area contributed by atoms with Gasteiger partial charge < -0.3 is 10.1 Å². The summed E-state index contributed by atoms with van der Waals surface area (Å²) in [5.74, 6) is -1.64. The average Bonchev–Trinajstić information content (AvgIpc) is 2.63. The van der Waals surface area contributed by atoms with Crippen molar-refractivity contribution in [3.8, 4) is 5.75 Å². The number of benzene rings is 2. The number of nitrogens with zero attached hydrogens (tertiary/aromatic N) is 1. The molecular weight excluding hydrogens is 417 g/mol. The number of nitrogens with one attached hydrogen (secondary N) is 1. The third-order valence-electron chi connectivity index (χ3n) is 3.72. The van der Waals surface area contributed by atoms with Crippen molar-refractivity contribution in [3.63, 3.8) is 0 Å². The SMILES string of the molecule is O=C(CN1C(=O)COc2ccc(Cl)cc21)Nc1ccccc1SCC(F)(F)F. The van der Waals surface area contributed by atoms with Crippen molar-refractivity contribution in [2.75, 3.05) is 29.1 Å². The molecule has 0 radical (unpaired) electrons. The average molecular weight is 431 g/mol. The van der Waals surface area contributed by atoms with E-state index in [1.165, 1.54) is 23.1 Å². The number of hydrogen-bond donors (Lipinski definition) is 1. The van der Waals surface area contributed by atoms with E-state index < -0.39 is 23.7 Å². The van der Waals surface area contributed by atoms with Crippen LogP contribution >= 0.6 is 23.4 Å². The van der Waals surface area contributed by atoms with E-state index in [1.807, 2.05) is 0 Å². The maximum absolute atomic E-state index is 12.5. The van der Waals surface area contributed by atoms with E-state index in [0.29, 0.717) is 28.2 Å². The number of thioether (sulfide) groups is 1. The highest BCUT2D eigenvalue weighted by molar-refractivity contribution is 7.99. The summed E-state index contributed by atoms with van der Waals surface area (Å²) in [6, 6.07) is 10.9. The second-order valence-electron chi connectivity index (χ2n) is 5.83. The maximum atomic E-state index is 12.5. The molecule has 2 aromatic carbocycles. The van der Waals surface area contributed by atoms with Crippen molar-refractivity contribution in [3.05, 3.63) is 47.5 Å². The summed E-state index contributed by atoms with van der Waals surface area (Å²) < 4.78 is 42.8. The van der Waals surface area contributed by atoms with Gasteiger partial charge in [-0.25, -0.2) is 0 Å². The Morgan fingerprint density at radius 1 is 1.25 bits per heavy atom. The fourth-order valence-electron chi connectivity index (χ4n) is 2.54. The first-order valence-electron chi connectivity index (χ1n) is 8.04. The van der Waals surface area contributed by atoms with Gasteiger partial charge in [-0.3, -0.25) is 14.5 Å². The molecular formula is C18H14ClF3N2O3S. The molecule has 0 spiro atoms. The molecule has 0 aliphatic carbocycles. The van der Waals surface area contributed by atoms with Gasteiger partial charge in [0.15, 0.2) is 6.61 Å². The quantitative estimate of drug-likeness (QED) is 0.716. The molecule has 0 fully saturated rings. The molecule has 0 unspecified atom stereocenters. The fraction of sp³-hybridized carbons (Fsp3) is 0.222. The summed E-state index contributed by atoms with van der Waals surface area (Å²) in [5, 5.41) is 2.94. The van der Waals surface area contributed by atoms with Gasteiger partial charge in [-0.15, -0.1) is 11.8 Å². The lowest BCUT2D eigenvalue weighted by atomic mass is 10.2. The number of fused-ring (bicyclic) bond motifs is 1. The zero-order chi connectivity index (χ0) is 20.3. The molecule has 5 nitrogen and oxygen atoms in total. The van der Waals surface area contributed by atoms with Crippen LogP contribution in [0.25, 0.3) is 0 Å². The molecule has 28 heavy (non-hydrogen) atoms. The van der Waals surface area contributed by atoms with Crippen LogP contribution in [-0.2, 0) is 9.59 Å². The lowest BCUT2D eigenvalue weighted by molar-refractivity contribution is -0.123. The molecule has 0 bridgehead atoms. The number of ether oxygens (including phenoxy) is 1. The first-order chi connectivity index (χ1) is 13.2. The zero-order valence-corrected chi connectivity index (χ0v) is 15.8. The number of para-hydroxylation sites is 1. The summed E-state index contributed by atoms with van der Waals surface area (Å²) in [7, 11) is 0. The summed E-state index contributed by atoms with van der Waals surface area (Å²) in [4.78, 5) is 26.2. The highest BCUT2D eigenvalue weighted by Gasteiger charge is 2.29. The van der Waals surface area contributed by atoms with Gasteiger partial charge in [0.2, 0.25) is 5.91 Å². The van der Waals surface area contributed by atoms with Gasteiger partial charge in [0.05, 0.1) is 17.1 Å². The molecule has 0 saturated carbocycles. The predicted octanol–water partition coefficient (Wildman–Crippen LogP) is 4.36. The van der Waals surface area contributed by atoms with Crippen molar-refractivity contribution in [1.82, 2.24) is 0 Å². The van der Waals surface area contributed by atoms with Gasteiger partial charge in [0.25, 0.3) is 5.91 Å². The number of anilines is 2. The molecule has 1 N–H and O–H groups in total. The Kier molecular flexibility index (Phi) is 6.04. The van der Waals surface area contributed by atoms with Crippen LogP contribution in [0.3, 0.4) is 0 Å². The number of carbonyl (C=O) groups is 2. The van der Waals surface area contributed by atoms with Crippen LogP contribution in [0.4, 0.5) is 24.5 Å². The molecule has 1 heterocycles. The van der Waals surface area contributed by atoms with Crippen molar-refractivity contribution in [2.24, 2.45) is 0 Å². The van der Waals surface area contributed by atoms with E-state index in [0.717, 1.165) is 0 Å². The van der Waals surface area contributed by atoms with E-state index >= 15 is 0 Å². The predicted molar refractivity (Wildman–Crippen MR) is 101 cm³/mol. The third-order valence-corrected chi connectivity index (χ3v) is 5.09. The number of alkyl halides is 3. The van der Waals surface area contributed by atoms with Gasteiger partial charge in [0, 0.05) is 9.92 Å². The first-order valence-corrected chi connectivity index (χ1v) is 9.40. The smallest absolute Gasteiger partial charge is 0.398 e. The molecule has 148 valence electrons. The molecule has 3 rings (SSSR count). The highest BCUT2D eigenvalue weighted by Crippen LogP contribution is 2.35. The van der Waals surface area contributed by atoms with Crippen LogP contribution in [0.1, 0.15) is 0 Å². The Balaban J connectivity index is 1.73. The van der Waals surface area contributed by atoms with E-state index in [-0.39, 0.29) is 23.7 Å². The summed E-state index contributed by atoms with van der Waals surface area (Å²) in [6.07, 6.45) is -4.33. The molecule has 0 saturated heterocycles. The number of halogens is 4. The van der Waals surface area contributed by atoms with Crippen LogP contribution in [0.5, 0.6) is 5.75 Å². The number of rotatable bonds is 5. The monoisotopic (exact) mass is 430 g/mol. The van der Waals surface area contributed by atoms with Crippen molar-refractivity contribution in [2.45, 2.75) is 11.1 Å². The number of amides is 2. The molecule has 1 aliphatic heterocycles. The van der Waals surface area contributed by atoms with Crippen molar-refractivity contribution >= 4 is 46.6 Å². The van der Waals surface area contributed by atoms with Gasteiger partial charge in [-0.1, -0.05) is 23.7 Å². The van der Waals surface area contributed by atoms with Crippen LogP contribution in [0, 0.1) is 0 Å².